The predicted molar refractivity (Wildman–Crippen MR) is 83.8 cm³/mol. The molecule has 0 aliphatic carbocycles. The number of rotatable bonds is 8. The zero-order valence-corrected chi connectivity index (χ0v) is 13.8. The van der Waals surface area contributed by atoms with Crippen LogP contribution in [-0.4, -0.2) is 0 Å². The molecule has 1 aromatic rings. The Morgan fingerprint density at radius 1 is 0.941 bits per heavy atom. The summed E-state index contributed by atoms with van der Waals surface area (Å²) >= 11 is 7.25. The number of halogens is 2. The lowest BCUT2D eigenvalue weighted by Crippen LogP contribution is -1.90. The minimum absolute atomic E-state index is 0.516. The van der Waals surface area contributed by atoms with Gasteiger partial charge >= 0.3 is 0 Å². The van der Waals surface area contributed by atoms with Crippen LogP contribution in [0.5, 0.6) is 0 Å². The third-order valence-electron chi connectivity index (χ3n) is 3.04. The van der Waals surface area contributed by atoms with E-state index in [-0.39, 0.29) is 0 Å². The van der Waals surface area contributed by atoms with Crippen LogP contribution in [0, 0.1) is 0 Å². The molecule has 0 radical (unpaired) electrons. The molecule has 0 saturated heterocycles. The Morgan fingerprint density at radius 2 is 1.53 bits per heavy atom. The summed E-state index contributed by atoms with van der Waals surface area (Å²) in [4.78, 5) is 0.516. The van der Waals surface area contributed by atoms with E-state index >= 15 is 0 Å². The fourth-order valence-corrected chi connectivity index (χ4v) is 2.84. The molecule has 0 nitrogen and oxygen atoms in total. The molecule has 0 bridgehead atoms. The van der Waals surface area contributed by atoms with Crippen molar-refractivity contribution >= 4 is 31.9 Å². The summed E-state index contributed by atoms with van der Waals surface area (Å²) < 4.78 is 1.15. The zero-order valence-electron chi connectivity index (χ0n) is 10.6. The van der Waals surface area contributed by atoms with E-state index in [2.05, 4.69) is 63.0 Å². The fraction of sp³-hybridized carbons (Fsp3) is 0.600. The maximum atomic E-state index is 3.78. The van der Waals surface area contributed by atoms with E-state index in [9.17, 15) is 0 Å². The van der Waals surface area contributed by atoms with E-state index in [0.717, 1.165) is 4.47 Å². The molecular formula is C15H22Br2. The van der Waals surface area contributed by atoms with Gasteiger partial charge in [-0.15, -0.1) is 0 Å². The molecule has 1 aromatic carbocycles. The number of alkyl halides is 1. The van der Waals surface area contributed by atoms with Gasteiger partial charge in [0.15, 0.2) is 0 Å². The third-order valence-corrected chi connectivity index (χ3v) is 4.56. The minimum atomic E-state index is 0.516. The summed E-state index contributed by atoms with van der Waals surface area (Å²) in [5, 5.41) is 0. The van der Waals surface area contributed by atoms with Crippen LogP contribution in [0.2, 0.25) is 0 Å². The van der Waals surface area contributed by atoms with Crippen molar-refractivity contribution < 1.29 is 0 Å². The highest BCUT2D eigenvalue weighted by atomic mass is 79.9. The second-order valence-corrected chi connectivity index (χ2v) is 6.60. The second-order valence-electron chi connectivity index (χ2n) is 4.58. The van der Waals surface area contributed by atoms with Crippen LogP contribution in [-0.2, 0) is 0 Å². The normalized spacial score (nSPS) is 12.6. The topological polar surface area (TPSA) is 0 Å². The quantitative estimate of drug-likeness (QED) is 0.359. The van der Waals surface area contributed by atoms with E-state index in [0.29, 0.717) is 4.83 Å². The molecule has 0 amide bonds. The highest BCUT2D eigenvalue weighted by Gasteiger charge is 2.06. The lowest BCUT2D eigenvalue weighted by atomic mass is 10.0. The summed E-state index contributed by atoms with van der Waals surface area (Å²) in [5.74, 6) is 0. The second kappa shape index (κ2) is 9.16. The predicted octanol–water partition coefficient (Wildman–Crippen LogP) is 6.64. The van der Waals surface area contributed by atoms with E-state index in [1.165, 1.54) is 50.5 Å². The van der Waals surface area contributed by atoms with E-state index in [1.807, 2.05) is 0 Å². The van der Waals surface area contributed by atoms with E-state index < -0.39 is 0 Å². The Morgan fingerprint density at radius 3 is 2.18 bits per heavy atom. The van der Waals surface area contributed by atoms with Gasteiger partial charge in [-0.25, -0.2) is 0 Å². The molecule has 2 heteroatoms. The number of benzene rings is 1. The van der Waals surface area contributed by atoms with Gasteiger partial charge in [0.05, 0.1) is 0 Å². The van der Waals surface area contributed by atoms with Gasteiger partial charge in [-0.1, -0.05) is 89.4 Å². The standard InChI is InChI=1S/C15H22Br2/c1-2-3-4-5-6-7-8-15(17)13-9-11-14(16)12-10-13/h9-12,15H,2-8H2,1H3. The van der Waals surface area contributed by atoms with E-state index in [1.54, 1.807) is 0 Å². The molecule has 0 N–H and O–H groups in total. The third kappa shape index (κ3) is 6.61. The highest BCUT2D eigenvalue weighted by molar-refractivity contribution is 9.10. The van der Waals surface area contributed by atoms with Crippen LogP contribution in [0.4, 0.5) is 0 Å². The van der Waals surface area contributed by atoms with Crippen molar-refractivity contribution in [1.29, 1.82) is 0 Å². The maximum Gasteiger partial charge on any atom is 0.0395 e. The number of hydrogen-bond donors (Lipinski definition) is 0. The lowest BCUT2D eigenvalue weighted by Gasteiger charge is -2.10. The lowest BCUT2D eigenvalue weighted by molar-refractivity contribution is 0.588. The summed E-state index contributed by atoms with van der Waals surface area (Å²) in [6.45, 7) is 2.27. The van der Waals surface area contributed by atoms with Crippen molar-refractivity contribution in [3.63, 3.8) is 0 Å². The van der Waals surface area contributed by atoms with Gasteiger partial charge in [0.2, 0.25) is 0 Å². The van der Waals surface area contributed by atoms with Crippen LogP contribution in [0.25, 0.3) is 0 Å². The highest BCUT2D eigenvalue weighted by Crippen LogP contribution is 2.29. The molecule has 1 rings (SSSR count). The van der Waals surface area contributed by atoms with Gasteiger partial charge in [0.1, 0.15) is 0 Å². The molecular weight excluding hydrogens is 340 g/mol. The van der Waals surface area contributed by atoms with Crippen molar-refractivity contribution in [1.82, 2.24) is 0 Å². The van der Waals surface area contributed by atoms with Gasteiger partial charge in [-0.05, 0) is 24.1 Å². The van der Waals surface area contributed by atoms with Gasteiger partial charge in [-0.3, -0.25) is 0 Å². The first kappa shape index (κ1) is 15.2. The van der Waals surface area contributed by atoms with Crippen LogP contribution in [0.15, 0.2) is 28.7 Å². The van der Waals surface area contributed by atoms with Crippen molar-refractivity contribution in [3.8, 4) is 0 Å². The molecule has 0 spiro atoms. The van der Waals surface area contributed by atoms with Crippen molar-refractivity contribution in [3.05, 3.63) is 34.3 Å². The molecule has 0 aliphatic rings. The Bertz CT molecular complexity index is 292. The smallest absolute Gasteiger partial charge is 0.0395 e. The van der Waals surface area contributed by atoms with E-state index in [4.69, 9.17) is 0 Å². The molecule has 1 atom stereocenters. The Balaban J connectivity index is 2.16. The minimum Gasteiger partial charge on any atom is -0.0839 e. The van der Waals surface area contributed by atoms with Gasteiger partial charge < -0.3 is 0 Å². The molecule has 1 unspecified atom stereocenters. The Labute approximate surface area is 122 Å². The van der Waals surface area contributed by atoms with Crippen LogP contribution < -0.4 is 0 Å². The number of unbranched alkanes of at least 4 members (excludes halogenated alkanes) is 5. The Kier molecular flexibility index (Phi) is 8.21. The molecule has 96 valence electrons. The molecule has 0 saturated carbocycles. The summed E-state index contributed by atoms with van der Waals surface area (Å²) in [6.07, 6.45) is 9.47. The van der Waals surface area contributed by atoms with Crippen molar-refractivity contribution in [2.24, 2.45) is 0 Å². The average molecular weight is 362 g/mol. The molecule has 0 fully saturated rings. The fourth-order valence-electron chi connectivity index (χ4n) is 1.94. The first-order valence-corrected chi connectivity index (χ1v) is 8.34. The van der Waals surface area contributed by atoms with Crippen LogP contribution in [0.1, 0.15) is 62.3 Å². The largest absolute Gasteiger partial charge is 0.0839 e. The van der Waals surface area contributed by atoms with Crippen LogP contribution in [0.3, 0.4) is 0 Å². The maximum absolute atomic E-state index is 3.78. The molecule has 0 aromatic heterocycles. The van der Waals surface area contributed by atoms with Crippen molar-refractivity contribution in [2.45, 2.75) is 56.7 Å². The molecule has 0 heterocycles. The molecule has 0 aliphatic heterocycles. The number of hydrogen-bond acceptors (Lipinski definition) is 0. The van der Waals surface area contributed by atoms with Gasteiger partial charge in [0, 0.05) is 9.30 Å². The average Bonchev–Trinajstić information content (AvgIpc) is 2.34. The summed E-state index contributed by atoms with van der Waals surface area (Å²) in [7, 11) is 0. The zero-order chi connectivity index (χ0) is 12.5. The SMILES string of the molecule is CCCCCCCCC(Br)c1ccc(Br)cc1. The summed E-state index contributed by atoms with van der Waals surface area (Å²) in [6, 6.07) is 8.62. The summed E-state index contributed by atoms with van der Waals surface area (Å²) in [5.41, 5.74) is 1.39. The molecule has 17 heavy (non-hydrogen) atoms. The van der Waals surface area contributed by atoms with Crippen molar-refractivity contribution in [2.75, 3.05) is 0 Å². The first-order chi connectivity index (χ1) is 8.24. The van der Waals surface area contributed by atoms with Gasteiger partial charge in [-0.2, -0.15) is 0 Å². The van der Waals surface area contributed by atoms with Gasteiger partial charge in [0.25, 0.3) is 0 Å². The van der Waals surface area contributed by atoms with Crippen LogP contribution >= 0.6 is 31.9 Å². The Hall–Kier alpha value is 0.180. The first-order valence-electron chi connectivity index (χ1n) is 6.63. The monoisotopic (exact) mass is 360 g/mol.